The van der Waals surface area contributed by atoms with Gasteiger partial charge in [0.2, 0.25) is 0 Å². The Kier molecular flexibility index (Phi) is 3.61. The number of aliphatic hydroxyl groups is 1. The summed E-state index contributed by atoms with van der Waals surface area (Å²) in [7, 11) is 0. The van der Waals surface area contributed by atoms with Gasteiger partial charge in [-0.25, -0.2) is 4.79 Å². The maximum absolute atomic E-state index is 11.3. The van der Waals surface area contributed by atoms with E-state index >= 15 is 0 Å². The smallest absolute Gasteiger partial charge is 0.407 e. The number of rotatable bonds is 4. The summed E-state index contributed by atoms with van der Waals surface area (Å²) in [5.41, 5.74) is -0.000446. The molecule has 1 aliphatic heterocycles. The van der Waals surface area contributed by atoms with Crippen LogP contribution in [0.2, 0.25) is 0 Å². The zero-order valence-corrected chi connectivity index (χ0v) is 9.39. The Bertz CT molecular complexity index is 375. The number of nitrogens with one attached hydrogen (secondary N) is 1. The molecular weight excluding hydrogens is 222 g/mol. The fraction of sp³-hybridized carbons (Fsp3) is 0.417. The van der Waals surface area contributed by atoms with Crippen LogP contribution in [0.3, 0.4) is 0 Å². The minimum absolute atomic E-state index is 0.153. The molecule has 0 bridgehead atoms. The highest BCUT2D eigenvalue weighted by molar-refractivity contribution is 5.67. The SMILES string of the molecule is O=C(NCC1(O)COC1)OCc1ccccc1. The van der Waals surface area contributed by atoms with E-state index in [0.717, 1.165) is 5.56 Å². The second-order valence-electron chi connectivity index (χ2n) is 4.13. The van der Waals surface area contributed by atoms with Crippen molar-refractivity contribution < 1.29 is 19.4 Å². The van der Waals surface area contributed by atoms with Crippen LogP contribution >= 0.6 is 0 Å². The van der Waals surface area contributed by atoms with E-state index in [0.29, 0.717) is 0 Å². The molecule has 1 aliphatic rings. The first kappa shape index (κ1) is 11.9. The summed E-state index contributed by atoms with van der Waals surface area (Å²) in [5, 5.41) is 12.2. The number of ether oxygens (including phenoxy) is 2. The van der Waals surface area contributed by atoms with Gasteiger partial charge >= 0.3 is 6.09 Å². The van der Waals surface area contributed by atoms with Gasteiger partial charge in [0.25, 0.3) is 0 Å². The van der Waals surface area contributed by atoms with Crippen LogP contribution in [0.15, 0.2) is 30.3 Å². The summed E-state index contributed by atoms with van der Waals surface area (Å²) < 4.78 is 9.85. The van der Waals surface area contributed by atoms with Gasteiger partial charge in [-0.15, -0.1) is 0 Å². The molecule has 0 saturated carbocycles. The molecule has 2 rings (SSSR count). The Morgan fingerprint density at radius 1 is 1.41 bits per heavy atom. The molecule has 0 aromatic heterocycles. The molecule has 1 amide bonds. The fourth-order valence-electron chi connectivity index (χ4n) is 1.45. The standard InChI is InChI=1S/C12H15NO4/c14-11(13-7-12(15)8-16-9-12)17-6-10-4-2-1-3-5-10/h1-5,15H,6-9H2,(H,13,14). The number of amides is 1. The molecule has 1 heterocycles. The van der Waals surface area contributed by atoms with E-state index in [1.807, 2.05) is 30.3 Å². The molecule has 2 N–H and O–H groups in total. The molecule has 0 atom stereocenters. The van der Waals surface area contributed by atoms with Gasteiger partial charge in [0.1, 0.15) is 12.2 Å². The molecule has 0 radical (unpaired) electrons. The van der Waals surface area contributed by atoms with Crippen molar-refractivity contribution in [3.05, 3.63) is 35.9 Å². The van der Waals surface area contributed by atoms with E-state index < -0.39 is 11.7 Å². The average Bonchev–Trinajstić information content (AvgIpc) is 2.33. The third kappa shape index (κ3) is 3.44. The monoisotopic (exact) mass is 237 g/mol. The Morgan fingerprint density at radius 2 is 2.12 bits per heavy atom. The van der Waals surface area contributed by atoms with Gasteiger partial charge in [-0.05, 0) is 5.56 Å². The van der Waals surface area contributed by atoms with Crippen LogP contribution < -0.4 is 5.32 Å². The summed E-state index contributed by atoms with van der Waals surface area (Å²) in [6, 6.07) is 9.41. The zero-order valence-electron chi connectivity index (χ0n) is 9.39. The van der Waals surface area contributed by atoms with Gasteiger partial charge in [0.15, 0.2) is 0 Å². The number of alkyl carbamates (subject to hydrolysis) is 1. The van der Waals surface area contributed by atoms with E-state index in [2.05, 4.69) is 5.32 Å². The van der Waals surface area contributed by atoms with Crippen LogP contribution in [0.1, 0.15) is 5.56 Å². The van der Waals surface area contributed by atoms with Crippen molar-refractivity contribution in [1.82, 2.24) is 5.32 Å². The van der Waals surface area contributed by atoms with E-state index in [1.165, 1.54) is 0 Å². The zero-order chi connectivity index (χ0) is 12.1. The van der Waals surface area contributed by atoms with E-state index in [1.54, 1.807) is 0 Å². The fourth-order valence-corrected chi connectivity index (χ4v) is 1.45. The molecule has 17 heavy (non-hydrogen) atoms. The van der Waals surface area contributed by atoms with E-state index in [-0.39, 0.29) is 26.4 Å². The third-order valence-electron chi connectivity index (χ3n) is 2.52. The highest BCUT2D eigenvalue weighted by Gasteiger charge is 2.36. The molecule has 1 saturated heterocycles. The maximum Gasteiger partial charge on any atom is 0.407 e. The van der Waals surface area contributed by atoms with Gasteiger partial charge in [-0.1, -0.05) is 30.3 Å². The normalized spacial score (nSPS) is 17.0. The van der Waals surface area contributed by atoms with E-state index in [4.69, 9.17) is 9.47 Å². The molecular formula is C12H15NO4. The highest BCUT2D eigenvalue weighted by Crippen LogP contribution is 2.14. The van der Waals surface area contributed by atoms with Gasteiger partial charge in [-0.3, -0.25) is 0 Å². The van der Waals surface area contributed by atoms with Crippen LogP contribution in [0.5, 0.6) is 0 Å². The van der Waals surface area contributed by atoms with Crippen molar-refractivity contribution in [1.29, 1.82) is 0 Å². The molecule has 1 aromatic carbocycles. The van der Waals surface area contributed by atoms with Crippen LogP contribution in [0.25, 0.3) is 0 Å². The molecule has 1 aromatic rings. The van der Waals surface area contributed by atoms with E-state index in [9.17, 15) is 9.90 Å². The first-order valence-corrected chi connectivity index (χ1v) is 5.43. The quantitative estimate of drug-likeness (QED) is 0.807. The number of carbonyl (C=O) groups is 1. The first-order valence-electron chi connectivity index (χ1n) is 5.43. The van der Waals surface area contributed by atoms with Crippen molar-refractivity contribution in [2.24, 2.45) is 0 Å². The lowest BCUT2D eigenvalue weighted by molar-refractivity contribution is -0.173. The van der Waals surface area contributed by atoms with Crippen molar-refractivity contribution in [2.45, 2.75) is 12.2 Å². The topological polar surface area (TPSA) is 67.8 Å². The summed E-state index contributed by atoms with van der Waals surface area (Å²) in [5.74, 6) is 0. The van der Waals surface area contributed by atoms with Crippen molar-refractivity contribution in [2.75, 3.05) is 19.8 Å². The minimum atomic E-state index is -0.925. The molecule has 5 heteroatoms. The predicted molar refractivity (Wildman–Crippen MR) is 60.4 cm³/mol. The Morgan fingerprint density at radius 3 is 2.71 bits per heavy atom. The molecule has 5 nitrogen and oxygen atoms in total. The highest BCUT2D eigenvalue weighted by atomic mass is 16.6. The van der Waals surface area contributed by atoms with Crippen molar-refractivity contribution in [3.8, 4) is 0 Å². The Labute approximate surface area is 99.3 Å². The Balaban J connectivity index is 1.67. The van der Waals surface area contributed by atoms with Crippen LogP contribution in [0.4, 0.5) is 4.79 Å². The summed E-state index contributed by atoms with van der Waals surface area (Å²) in [6.07, 6.45) is -0.533. The second-order valence-corrected chi connectivity index (χ2v) is 4.13. The number of hydrogen-bond donors (Lipinski definition) is 2. The number of hydrogen-bond acceptors (Lipinski definition) is 4. The van der Waals surface area contributed by atoms with Gasteiger partial charge in [0.05, 0.1) is 19.8 Å². The largest absolute Gasteiger partial charge is 0.445 e. The molecule has 0 aliphatic carbocycles. The summed E-state index contributed by atoms with van der Waals surface area (Å²) in [4.78, 5) is 11.3. The van der Waals surface area contributed by atoms with Gasteiger partial charge < -0.3 is 19.9 Å². The lowest BCUT2D eigenvalue weighted by atomic mass is 10.0. The van der Waals surface area contributed by atoms with Gasteiger partial charge in [-0.2, -0.15) is 0 Å². The van der Waals surface area contributed by atoms with Crippen molar-refractivity contribution >= 4 is 6.09 Å². The summed E-state index contributed by atoms with van der Waals surface area (Å²) >= 11 is 0. The van der Waals surface area contributed by atoms with Crippen LogP contribution in [0, 0.1) is 0 Å². The lowest BCUT2D eigenvalue weighted by Crippen LogP contribution is -2.56. The lowest BCUT2D eigenvalue weighted by Gasteiger charge is -2.35. The molecule has 0 spiro atoms. The predicted octanol–water partition coefficient (Wildman–Crippen LogP) is 0.674. The second kappa shape index (κ2) is 5.16. The van der Waals surface area contributed by atoms with Crippen LogP contribution in [-0.4, -0.2) is 36.6 Å². The summed E-state index contributed by atoms with van der Waals surface area (Å²) in [6.45, 7) is 0.889. The number of benzene rings is 1. The van der Waals surface area contributed by atoms with Crippen molar-refractivity contribution in [3.63, 3.8) is 0 Å². The molecule has 1 fully saturated rings. The molecule has 0 unspecified atom stereocenters. The van der Waals surface area contributed by atoms with Crippen LogP contribution in [-0.2, 0) is 16.1 Å². The number of carbonyl (C=O) groups excluding carboxylic acids is 1. The third-order valence-corrected chi connectivity index (χ3v) is 2.52. The van der Waals surface area contributed by atoms with Gasteiger partial charge in [0, 0.05) is 0 Å². The first-order chi connectivity index (χ1) is 8.18. The average molecular weight is 237 g/mol. The maximum atomic E-state index is 11.3. The minimum Gasteiger partial charge on any atom is -0.445 e. The Hall–Kier alpha value is -1.59. The molecule has 92 valence electrons.